The maximum atomic E-state index is 12.1. The summed E-state index contributed by atoms with van der Waals surface area (Å²) < 4.78 is 20.1. The Balaban J connectivity index is 1.96. The van der Waals surface area contributed by atoms with E-state index in [2.05, 4.69) is 21.0 Å². The van der Waals surface area contributed by atoms with E-state index >= 15 is 0 Å². The molecule has 6 heteroatoms. The van der Waals surface area contributed by atoms with Crippen LogP contribution < -0.4 is 4.74 Å². The summed E-state index contributed by atoms with van der Waals surface area (Å²) in [6.07, 6.45) is 3.59. The standard InChI is InChI=1S/C13H15BrN2O2S/c1-18-13-4-3-12(14)9-11(13)10-19(17)8-7-16-6-2-5-15-16/h2-6,9H,7-8,10H2,1H3/t19-/m1/s1. The van der Waals surface area contributed by atoms with Gasteiger partial charge in [0.1, 0.15) is 5.75 Å². The molecule has 0 aliphatic rings. The fraction of sp³-hybridized carbons (Fsp3) is 0.308. The number of methoxy groups -OCH3 is 1. The highest BCUT2D eigenvalue weighted by atomic mass is 79.9. The third-order valence-electron chi connectivity index (χ3n) is 2.67. The summed E-state index contributed by atoms with van der Waals surface area (Å²) in [5.41, 5.74) is 0.954. The van der Waals surface area contributed by atoms with Gasteiger partial charge in [0, 0.05) is 39.0 Å². The van der Waals surface area contributed by atoms with Gasteiger partial charge < -0.3 is 4.74 Å². The Morgan fingerprint density at radius 3 is 3.00 bits per heavy atom. The average Bonchev–Trinajstić information content (AvgIpc) is 2.90. The van der Waals surface area contributed by atoms with Crippen molar-refractivity contribution in [1.82, 2.24) is 9.78 Å². The van der Waals surface area contributed by atoms with Gasteiger partial charge in [0.15, 0.2) is 0 Å². The van der Waals surface area contributed by atoms with Crippen LogP contribution in [0.25, 0.3) is 0 Å². The molecular formula is C13H15BrN2O2S. The average molecular weight is 343 g/mol. The molecule has 0 saturated carbocycles. The summed E-state index contributed by atoms with van der Waals surface area (Å²) in [6.45, 7) is 0.663. The van der Waals surface area contributed by atoms with Gasteiger partial charge in [-0.25, -0.2) is 0 Å². The van der Waals surface area contributed by atoms with Crippen molar-refractivity contribution in [2.45, 2.75) is 12.3 Å². The van der Waals surface area contributed by atoms with Gasteiger partial charge >= 0.3 is 0 Å². The number of hydrogen-bond acceptors (Lipinski definition) is 3. The summed E-state index contributed by atoms with van der Waals surface area (Å²) in [7, 11) is 0.687. The number of aromatic nitrogens is 2. The Morgan fingerprint density at radius 2 is 2.32 bits per heavy atom. The largest absolute Gasteiger partial charge is 0.496 e. The molecule has 19 heavy (non-hydrogen) atoms. The molecule has 0 unspecified atom stereocenters. The smallest absolute Gasteiger partial charge is 0.123 e. The van der Waals surface area contributed by atoms with E-state index < -0.39 is 10.8 Å². The van der Waals surface area contributed by atoms with Crippen molar-refractivity contribution in [3.63, 3.8) is 0 Å². The molecule has 0 radical (unpaired) electrons. The molecule has 102 valence electrons. The molecule has 1 aromatic heterocycles. The lowest BCUT2D eigenvalue weighted by molar-refractivity contribution is 0.411. The Bertz CT molecular complexity index is 558. The van der Waals surface area contributed by atoms with Crippen LogP contribution in [0.5, 0.6) is 5.75 Å². The molecule has 0 bridgehead atoms. The van der Waals surface area contributed by atoms with Crippen LogP contribution in [0.3, 0.4) is 0 Å². The second-order valence-corrected chi connectivity index (χ2v) is 6.51. The number of nitrogens with zero attached hydrogens (tertiary/aromatic N) is 2. The Morgan fingerprint density at radius 1 is 1.47 bits per heavy atom. The van der Waals surface area contributed by atoms with Crippen molar-refractivity contribution >= 4 is 26.7 Å². The predicted molar refractivity (Wildman–Crippen MR) is 79.6 cm³/mol. The Hall–Kier alpha value is -1.14. The number of ether oxygens (including phenoxy) is 1. The number of benzene rings is 1. The molecule has 0 spiro atoms. The number of rotatable bonds is 6. The van der Waals surface area contributed by atoms with Crippen molar-refractivity contribution in [1.29, 1.82) is 0 Å². The summed E-state index contributed by atoms with van der Waals surface area (Å²) in [4.78, 5) is 0. The van der Waals surface area contributed by atoms with Crippen LogP contribution >= 0.6 is 15.9 Å². The van der Waals surface area contributed by atoms with Crippen LogP contribution in [0.1, 0.15) is 5.56 Å². The summed E-state index contributed by atoms with van der Waals surface area (Å²) >= 11 is 3.42. The highest BCUT2D eigenvalue weighted by Gasteiger charge is 2.08. The first-order valence-electron chi connectivity index (χ1n) is 5.84. The molecule has 0 amide bonds. The highest BCUT2D eigenvalue weighted by molar-refractivity contribution is 9.10. The third-order valence-corrected chi connectivity index (χ3v) is 4.43. The Labute approximate surface area is 123 Å². The zero-order chi connectivity index (χ0) is 13.7. The lowest BCUT2D eigenvalue weighted by Gasteiger charge is -2.09. The van der Waals surface area contributed by atoms with Gasteiger partial charge in [-0.3, -0.25) is 8.89 Å². The monoisotopic (exact) mass is 342 g/mol. The van der Waals surface area contributed by atoms with Gasteiger partial charge in [0.2, 0.25) is 0 Å². The van der Waals surface area contributed by atoms with Crippen molar-refractivity contribution < 1.29 is 8.95 Å². The molecule has 0 N–H and O–H groups in total. The van der Waals surface area contributed by atoms with Crippen molar-refractivity contribution in [2.75, 3.05) is 12.9 Å². The first-order valence-corrected chi connectivity index (χ1v) is 8.12. The first kappa shape index (κ1) is 14.3. The summed E-state index contributed by atoms with van der Waals surface area (Å²) in [5, 5.41) is 4.09. The molecule has 0 aliphatic carbocycles. The predicted octanol–water partition coefficient (Wildman–Crippen LogP) is 2.60. The van der Waals surface area contributed by atoms with Crippen LogP contribution in [0, 0.1) is 0 Å². The molecule has 4 nitrogen and oxygen atoms in total. The summed E-state index contributed by atoms with van der Waals surface area (Å²) in [5.74, 6) is 1.84. The fourth-order valence-corrected chi connectivity index (χ4v) is 3.25. The van der Waals surface area contributed by atoms with Crippen LogP contribution in [-0.4, -0.2) is 26.9 Å². The maximum absolute atomic E-state index is 12.1. The fourth-order valence-electron chi connectivity index (χ4n) is 1.73. The molecule has 2 rings (SSSR count). The van der Waals surface area contributed by atoms with Gasteiger partial charge in [-0.15, -0.1) is 0 Å². The quantitative estimate of drug-likeness (QED) is 0.810. The minimum atomic E-state index is -0.937. The highest BCUT2D eigenvalue weighted by Crippen LogP contribution is 2.24. The van der Waals surface area contributed by atoms with Gasteiger partial charge in [0.25, 0.3) is 0 Å². The SMILES string of the molecule is COc1ccc(Br)cc1C[S@](=O)CCn1cccn1. The molecule has 2 aromatic rings. The van der Waals surface area contributed by atoms with Crippen LogP contribution in [-0.2, 0) is 23.1 Å². The zero-order valence-corrected chi connectivity index (χ0v) is 13.0. The molecule has 1 atom stereocenters. The maximum Gasteiger partial charge on any atom is 0.123 e. The van der Waals surface area contributed by atoms with Crippen molar-refractivity contribution in [3.05, 3.63) is 46.7 Å². The van der Waals surface area contributed by atoms with E-state index in [9.17, 15) is 4.21 Å². The minimum absolute atomic E-state index is 0.490. The van der Waals surface area contributed by atoms with Gasteiger partial charge in [0.05, 0.1) is 19.4 Å². The molecular weight excluding hydrogens is 328 g/mol. The van der Waals surface area contributed by atoms with Gasteiger partial charge in [-0.1, -0.05) is 15.9 Å². The van der Waals surface area contributed by atoms with Gasteiger partial charge in [-0.2, -0.15) is 5.10 Å². The zero-order valence-electron chi connectivity index (χ0n) is 10.6. The Kier molecular flexibility index (Phi) is 5.15. The van der Waals surface area contributed by atoms with E-state index in [1.807, 2.05) is 30.5 Å². The molecule has 0 aliphatic heterocycles. The molecule has 1 aromatic carbocycles. The molecule has 1 heterocycles. The minimum Gasteiger partial charge on any atom is -0.496 e. The van der Waals surface area contributed by atoms with E-state index in [1.54, 1.807) is 18.0 Å². The number of halogens is 1. The van der Waals surface area contributed by atoms with E-state index in [0.717, 1.165) is 15.8 Å². The van der Waals surface area contributed by atoms with Gasteiger partial charge in [-0.05, 0) is 24.3 Å². The number of aryl methyl sites for hydroxylation is 1. The third kappa shape index (κ3) is 4.18. The number of hydrogen-bond donors (Lipinski definition) is 0. The second kappa shape index (κ2) is 6.86. The van der Waals surface area contributed by atoms with E-state index in [0.29, 0.717) is 18.1 Å². The topological polar surface area (TPSA) is 44.1 Å². The van der Waals surface area contributed by atoms with Crippen LogP contribution in [0.2, 0.25) is 0 Å². The summed E-state index contributed by atoms with van der Waals surface area (Å²) in [6, 6.07) is 7.60. The van der Waals surface area contributed by atoms with Crippen molar-refractivity contribution in [2.24, 2.45) is 0 Å². The molecule has 0 fully saturated rings. The van der Waals surface area contributed by atoms with E-state index in [4.69, 9.17) is 4.74 Å². The lowest BCUT2D eigenvalue weighted by Crippen LogP contribution is -2.10. The van der Waals surface area contributed by atoms with Crippen LogP contribution in [0.15, 0.2) is 41.1 Å². The van der Waals surface area contributed by atoms with E-state index in [-0.39, 0.29) is 0 Å². The van der Waals surface area contributed by atoms with E-state index in [1.165, 1.54) is 0 Å². The molecule has 0 saturated heterocycles. The van der Waals surface area contributed by atoms with Crippen LogP contribution in [0.4, 0.5) is 0 Å². The second-order valence-electron chi connectivity index (χ2n) is 4.01. The lowest BCUT2D eigenvalue weighted by atomic mass is 10.2. The van der Waals surface area contributed by atoms with Crippen molar-refractivity contribution in [3.8, 4) is 5.75 Å². The normalized spacial score (nSPS) is 12.3. The first-order chi connectivity index (χ1) is 9.19.